The van der Waals surface area contributed by atoms with Gasteiger partial charge in [0, 0.05) is 24.1 Å². The van der Waals surface area contributed by atoms with Crippen LogP contribution in [0.25, 0.3) is 0 Å². The molecule has 1 unspecified atom stereocenters. The summed E-state index contributed by atoms with van der Waals surface area (Å²) in [6, 6.07) is 9.42. The zero-order valence-electron chi connectivity index (χ0n) is 16.0. The van der Waals surface area contributed by atoms with Crippen molar-refractivity contribution in [1.29, 1.82) is 0 Å². The van der Waals surface area contributed by atoms with E-state index in [0.29, 0.717) is 17.9 Å². The Balaban J connectivity index is 1.83. The molecule has 0 spiro atoms. The van der Waals surface area contributed by atoms with Gasteiger partial charge in [-0.2, -0.15) is 0 Å². The molecule has 0 fully saturated rings. The molecule has 0 bridgehead atoms. The lowest BCUT2D eigenvalue weighted by atomic mass is 10.1. The molecule has 0 saturated carbocycles. The summed E-state index contributed by atoms with van der Waals surface area (Å²) < 4.78 is 44.0. The minimum absolute atomic E-state index is 0.0145. The van der Waals surface area contributed by atoms with E-state index in [9.17, 15) is 13.2 Å². The average molecular weight is 405 g/mol. The quantitative estimate of drug-likeness (QED) is 0.712. The fraction of sp³-hybridized carbons (Fsp3) is 0.350. The molecule has 0 aromatic heterocycles. The van der Waals surface area contributed by atoms with Crippen molar-refractivity contribution in [2.75, 3.05) is 13.7 Å². The van der Waals surface area contributed by atoms with E-state index in [1.54, 1.807) is 0 Å². The van der Waals surface area contributed by atoms with Crippen LogP contribution in [0.1, 0.15) is 35.3 Å². The predicted molar refractivity (Wildman–Crippen MR) is 103 cm³/mol. The molecule has 0 aliphatic carbocycles. The zero-order chi connectivity index (χ0) is 20.3. The fourth-order valence-electron chi connectivity index (χ4n) is 3.07. The van der Waals surface area contributed by atoms with Gasteiger partial charge in [-0.25, -0.2) is 17.9 Å². The summed E-state index contributed by atoms with van der Waals surface area (Å²) in [6.45, 7) is 4.36. The highest BCUT2D eigenvalue weighted by atomic mass is 32.2. The molecule has 1 aliphatic rings. The molecule has 1 aliphatic heterocycles. The van der Waals surface area contributed by atoms with E-state index in [-0.39, 0.29) is 23.1 Å². The highest BCUT2D eigenvalue weighted by Crippen LogP contribution is 2.35. The number of nitrogens with one attached hydrogen (secondary N) is 1. The Kier molecular flexibility index (Phi) is 5.90. The first-order valence-electron chi connectivity index (χ1n) is 8.97. The van der Waals surface area contributed by atoms with Crippen molar-refractivity contribution >= 4 is 16.0 Å². The van der Waals surface area contributed by atoms with E-state index in [4.69, 9.17) is 9.47 Å². The third-order valence-electron chi connectivity index (χ3n) is 4.40. The second-order valence-corrected chi connectivity index (χ2v) is 8.24. The van der Waals surface area contributed by atoms with Crippen LogP contribution in [-0.4, -0.2) is 34.2 Å². The highest BCUT2D eigenvalue weighted by Gasteiger charge is 2.23. The number of sulfonamides is 1. The summed E-state index contributed by atoms with van der Waals surface area (Å²) in [6.07, 6.45) is 0.874. The molecule has 0 radical (unpaired) electrons. The SMILES string of the molecule is CCOc1cc2c(cc1CNS(=O)(=O)c1cccc(C(=O)OC)c1)OC(C)C2. The Hall–Kier alpha value is -2.58. The van der Waals surface area contributed by atoms with Gasteiger partial charge in [-0.3, -0.25) is 0 Å². The van der Waals surface area contributed by atoms with E-state index in [1.807, 2.05) is 26.0 Å². The van der Waals surface area contributed by atoms with Crippen LogP contribution in [0.2, 0.25) is 0 Å². The normalized spacial score (nSPS) is 15.6. The number of hydrogen-bond donors (Lipinski definition) is 1. The lowest BCUT2D eigenvalue weighted by Crippen LogP contribution is -2.24. The molecular weight excluding hydrogens is 382 g/mol. The van der Waals surface area contributed by atoms with Crippen LogP contribution < -0.4 is 14.2 Å². The number of benzene rings is 2. The van der Waals surface area contributed by atoms with Gasteiger partial charge >= 0.3 is 5.97 Å². The summed E-state index contributed by atoms with van der Waals surface area (Å²) in [5, 5.41) is 0. The van der Waals surface area contributed by atoms with Crippen molar-refractivity contribution in [2.45, 2.75) is 37.8 Å². The summed E-state index contributed by atoms with van der Waals surface area (Å²) in [4.78, 5) is 11.6. The maximum Gasteiger partial charge on any atom is 0.337 e. The van der Waals surface area contributed by atoms with Crippen molar-refractivity contribution in [3.8, 4) is 11.5 Å². The van der Waals surface area contributed by atoms with Crippen LogP contribution in [0.5, 0.6) is 11.5 Å². The van der Waals surface area contributed by atoms with Crippen molar-refractivity contribution < 1.29 is 27.4 Å². The molecule has 8 heteroatoms. The molecule has 1 heterocycles. The van der Waals surface area contributed by atoms with Crippen LogP contribution in [0.4, 0.5) is 0 Å². The minimum Gasteiger partial charge on any atom is -0.494 e. The van der Waals surface area contributed by atoms with Gasteiger partial charge in [0.15, 0.2) is 0 Å². The van der Waals surface area contributed by atoms with E-state index in [2.05, 4.69) is 9.46 Å². The smallest absolute Gasteiger partial charge is 0.337 e. The van der Waals surface area contributed by atoms with E-state index in [1.165, 1.54) is 31.4 Å². The number of methoxy groups -OCH3 is 1. The Labute approximate surface area is 164 Å². The minimum atomic E-state index is -3.83. The summed E-state index contributed by atoms with van der Waals surface area (Å²) in [5.41, 5.74) is 1.90. The monoisotopic (exact) mass is 405 g/mol. The second kappa shape index (κ2) is 8.20. The number of ether oxygens (including phenoxy) is 3. The van der Waals surface area contributed by atoms with Gasteiger partial charge in [0.1, 0.15) is 17.6 Å². The lowest BCUT2D eigenvalue weighted by molar-refractivity contribution is 0.0600. The molecular formula is C20H23NO6S. The maximum atomic E-state index is 12.7. The summed E-state index contributed by atoms with van der Waals surface area (Å²) >= 11 is 0. The molecule has 7 nitrogen and oxygen atoms in total. The van der Waals surface area contributed by atoms with Gasteiger partial charge in [-0.1, -0.05) is 6.07 Å². The number of carbonyl (C=O) groups excluding carboxylic acids is 1. The molecule has 1 N–H and O–H groups in total. The largest absolute Gasteiger partial charge is 0.494 e. The van der Waals surface area contributed by atoms with Gasteiger partial charge in [0.2, 0.25) is 10.0 Å². The van der Waals surface area contributed by atoms with Crippen molar-refractivity contribution in [3.63, 3.8) is 0 Å². The second-order valence-electron chi connectivity index (χ2n) is 6.48. The Morgan fingerprint density at radius 3 is 2.79 bits per heavy atom. The molecule has 0 saturated heterocycles. The molecule has 150 valence electrons. The van der Waals surface area contributed by atoms with Crippen LogP contribution >= 0.6 is 0 Å². The van der Waals surface area contributed by atoms with Crippen LogP contribution in [0.15, 0.2) is 41.3 Å². The molecule has 0 amide bonds. The van der Waals surface area contributed by atoms with Crippen molar-refractivity contribution in [3.05, 3.63) is 53.1 Å². The number of rotatable bonds is 7. The van der Waals surface area contributed by atoms with Crippen LogP contribution in [0.3, 0.4) is 0 Å². The first-order chi connectivity index (χ1) is 13.3. The Morgan fingerprint density at radius 1 is 1.29 bits per heavy atom. The number of esters is 1. The summed E-state index contributed by atoms with van der Waals surface area (Å²) in [7, 11) is -2.59. The van der Waals surface area contributed by atoms with Gasteiger partial charge < -0.3 is 14.2 Å². The number of hydrogen-bond acceptors (Lipinski definition) is 6. The van der Waals surface area contributed by atoms with Gasteiger partial charge in [-0.05, 0) is 44.2 Å². The number of fused-ring (bicyclic) bond motifs is 1. The van der Waals surface area contributed by atoms with E-state index < -0.39 is 16.0 Å². The topological polar surface area (TPSA) is 90.9 Å². The van der Waals surface area contributed by atoms with Crippen LogP contribution in [-0.2, 0) is 27.7 Å². The first-order valence-corrected chi connectivity index (χ1v) is 10.5. The predicted octanol–water partition coefficient (Wildman–Crippen LogP) is 2.67. The van der Waals surface area contributed by atoms with Gasteiger partial charge in [0.05, 0.1) is 24.2 Å². The Bertz CT molecular complexity index is 986. The van der Waals surface area contributed by atoms with E-state index in [0.717, 1.165) is 17.7 Å². The Morgan fingerprint density at radius 2 is 2.07 bits per heavy atom. The zero-order valence-corrected chi connectivity index (χ0v) is 16.8. The van der Waals surface area contributed by atoms with Crippen LogP contribution in [0, 0.1) is 0 Å². The molecule has 1 atom stereocenters. The number of carbonyl (C=O) groups is 1. The summed E-state index contributed by atoms with van der Waals surface area (Å²) in [5.74, 6) is 0.781. The highest BCUT2D eigenvalue weighted by molar-refractivity contribution is 7.89. The maximum absolute atomic E-state index is 12.7. The fourth-order valence-corrected chi connectivity index (χ4v) is 4.13. The van der Waals surface area contributed by atoms with Crippen molar-refractivity contribution in [1.82, 2.24) is 4.72 Å². The lowest BCUT2D eigenvalue weighted by Gasteiger charge is -2.14. The third kappa shape index (κ3) is 4.28. The molecule has 3 rings (SSSR count). The molecule has 28 heavy (non-hydrogen) atoms. The third-order valence-corrected chi connectivity index (χ3v) is 5.80. The molecule has 2 aromatic rings. The first kappa shape index (κ1) is 20.2. The molecule has 2 aromatic carbocycles. The standard InChI is InChI=1S/C20H23NO6S/c1-4-26-18-10-15-8-13(2)27-19(15)11-16(18)12-21-28(23,24)17-7-5-6-14(9-17)20(22)25-3/h5-7,9-11,13,21H,4,8,12H2,1-3H3. The van der Waals surface area contributed by atoms with Gasteiger partial charge in [0.25, 0.3) is 0 Å². The van der Waals surface area contributed by atoms with E-state index >= 15 is 0 Å². The van der Waals surface area contributed by atoms with Crippen molar-refractivity contribution in [2.24, 2.45) is 0 Å². The average Bonchev–Trinajstić information content (AvgIpc) is 3.04. The van der Waals surface area contributed by atoms with Gasteiger partial charge in [-0.15, -0.1) is 0 Å².